The van der Waals surface area contributed by atoms with Gasteiger partial charge < -0.3 is 5.32 Å². The second-order valence-corrected chi connectivity index (χ2v) is 4.24. The lowest BCUT2D eigenvalue weighted by atomic mass is 10.1. The third-order valence-electron chi connectivity index (χ3n) is 2.71. The highest BCUT2D eigenvalue weighted by Gasteiger charge is 2.03. The van der Waals surface area contributed by atoms with Gasteiger partial charge in [0.2, 0.25) is 5.91 Å². The molecule has 2 aromatic rings. The van der Waals surface area contributed by atoms with E-state index in [0.717, 1.165) is 5.56 Å². The van der Waals surface area contributed by atoms with E-state index in [0.29, 0.717) is 13.1 Å². The number of carbonyl (C=O) groups excluding carboxylic acids is 1. The summed E-state index contributed by atoms with van der Waals surface area (Å²) in [6.45, 7) is 0.631. The number of halogens is 1. The van der Waals surface area contributed by atoms with Crippen molar-refractivity contribution in [2.45, 2.75) is 13.0 Å². The number of carbonyl (C=O) groups is 1. The molecule has 0 bridgehead atoms. The van der Waals surface area contributed by atoms with E-state index in [1.807, 2.05) is 0 Å². The van der Waals surface area contributed by atoms with Crippen molar-refractivity contribution in [2.75, 3.05) is 6.54 Å². The van der Waals surface area contributed by atoms with Crippen LogP contribution in [0.1, 0.15) is 5.56 Å². The Morgan fingerprint density at radius 3 is 2.70 bits per heavy atom. The average molecular weight is 275 g/mol. The number of hydrogen-bond donors (Lipinski definition) is 1. The first-order valence-electron chi connectivity index (χ1n) is 6.18. The van der Waals surface area contributed by atoms with E-state index < -0.39 is 0 Å². The van der Waals surface area contributed by atoms with Crippen LogP contribution in [-0.2, 0) is 17.8 Å². The normalized spacial score (nSPS) is 10.2. The molecule has 0 saturated heterocycles. The van der Waals surface area contributed by atoms with Crippen molar-refractivity contribution >= 4 is 5.91 Å². The van der Waals surface area contributed by atoms with Crippen molar-refractivity contribution in [3.63, 3.8) is 0 Å². The standard InChI is InChI=1S/C14H14FN3O2/c15-12-5-3-11(4-6-12)10-13(19)16-8-9-18-14(20)2-1-7-17-18/h1-7H,8-10H2,(H,16,19). The smallest absolute Gasteiger partial charge is 0.266 e. The molecule has 0 unspecified atom stereocenters. The van der Waals surface area contributed by atoms with Crippen LogP contribution < -0.4 is 10.9 Å². The Kier molecular flexibility index (Phi) is 4.60. The van der Waals surface area contributed by atoms with Gasteiger partial charge in [-0.1, -0.05) is 12.1 Å². The predicted octanol–water partition coefficient (Wildman–Crippen LogP) is 0.741. The molecule has 1 amide bonds. The number of nitrogens with zero attached hydrogens (tertiary/aromatic N) is 2. The SMILES string of the molecule is O=C(Cc1ccc(F)cc1)NCCn1ncccc1=O. The Hall–Kier alpha value is -2.50. The summed E-state index contributed by atoms with van der Waals surface area (Å²) in [6, 6.07) is 8.74. The summed E-state index contributed by atoms with van der Waals surface area (Å²) >= 11 is 0. The Morgan fingerprint density at radius 1 is 1.25 bits per heavy atom. The fourth-order valence-electron chi connectivity index (χ4n) is 1.71. The van der Waals surface area contributed by atoms with Crippen molar-refractivity contribution in [1.82, 2.24) is 15.1 Å². The number of hydrogen-bond acceptors (Lipinski definition) is 3. The van der Waals surface area contributed by atoms with Crippen LogP contribution in [0.3, 0.4) is 0 Å². The average Bonchev–Trinajstić information content (AvgIpc) is 2.43. The van der Waals surface area contributed by atoms with Gasteiger partial charge in [-0.3, -0.25) is 9.59 Å². The molecule has 20 heavy (non-hydrogen) atoms. The lowest BCUT2D eigenvalue weighted by Crippen LogP contribution is -2.32. The van der Waals surface area contributed by atoms with Crippen LogP contribution >= 0.6 is 0 Å². The first-order valence-corrected chi connectivity index (χ1v) is 6.18. The molecular weight excluding hydrogens is 261 g/mol. The minimum atomic E-state index is -0.330. The van der Waals surface area contributed by atoms with Gasteiger partial charge in [-0.15, -0.1) is 0 Å². The van der Waals surface area contributed by atoms with Gasteiger partial charge in [0.05, 0.1) is 13.0 Å². The largest absolute Gasteiger partial charge is 0.354 e. The molecule has 0 aliphatic rings. The summed E-state index contributed by atoms with van der Waals surface area (Å²) in [5, 5.41) is 6.57. The van der Waals surface area contributed by atoms with Crippen LogP contribution in [0.5, 0.6) is 0 Å². The molecule has 1 heterocycles. The minimum Gasteiger partial charge on any atom is -0.354 e. The van der Waals surface area contributed by atoms with E-state index in [1.165, 1.54) is 29.1 Å². The highest BCUT2D eigenvalue weighted by atomic mass is 19.1. The van der Waals surface area contributed by atoms with Crippen LogP contribution in [0.4, 0.5) is 4.39 Å². The molecule has 2 rings (SSSR count). The molecule has 0 spiro atoms. The quantitative estimate of drug-likeness (QED) is 0.875. The molecule has 1 aromatic carbocycles. The summed E-state index contributed by atoms with van der Waals surface area (Å²) in [7, 11) is 0. The molecule has 1 aromatic heterocycles. The van der Waals surface area contributed by atoms with E-state index in [2.05, 4.69) is 10.4 Å². The van der Waals surface area contributed by atoms with E-state index >= 15 is 0 Å². The summed E-state index contributed by atoms with van der Waals surface area (Å²) in [5.41, 5.74) is 0.527. The van der Waals surface area contributed by atoms with E-state index in [4.69, 9.17) is 0 Å². The monoisotopic (exact) mass is 275 g/mol. The van der Waals surface area contributed by atoms with E-state index in [9.17, 15) is 14.0 Å². The highest BCUT2D eigenvalue weighted by Crippen LogP contribution is 2.03. The van der Waals surface area contributed by atoms with Crippen LogP contribution in [0, 0.1) is 5.82 Å². The number of rotatable bonds is 5. The maximum absolute atomic E-state index is 12.7. The zero-order valence-corrected chi connectivity index (χ0v) is 10.8. The maximum Gasteiger partial charge on any atom is 0.266 e. The van der Waals surface area contributed by atoms with Crippen LogP contribution in [-0.4, -0.2) is 22.2 Å². The van der Waals surface area contributed by atoms with Crippen molar-refractivity contribution in [1.29, 1.82) is 0 Å². The molecule has 6 heteroatoms. The second-order valence-electron chi connectivity index (χ2n) is 4.24. The van der Waals surface area contributed by atoms with Crippen molar-refractivity contribution < 1.29 is 9.18 Å². The first kappa shape index (κ1) is 13.9. The van der Waals surface area contributed by atoms with E-state index in [-0.39, 0.29) is 23.7 Å². The lowest BCUT2D eigenvalue weighted by molar-refractivity contribution is -0.120. The summed E-state index contributed by atoms with van der Waals surface area (Å²) in [4.78, 5) is 23.0. The fraction of sp³-hybridized carbons (Fsp3) is 0.214. The fourth-order valence-corrected chi connectivity index (χ4v) is 1.71. The molecule has 0 atom stereocenters. The van der Waals surface area contributed by atoms with Gasteiger partial charge in [-0.25, -0.2) is 9.07 Å². The van der Waals surface area contributed by atoms with Gasteiger partial charge in [0.15, 0.2) is 0 Å². The van der Waals surface area contributed by atoms with Crippen molar-refractivity contribution in [3.8, 4) is 0 Å². The van der Waals surface area contributed by atoms with Crippen LogP contribution in [0.2, 0.25) is 0 Å². The third kappa shape index (κ3) is 4.01. The second kappa shape index (κ2) is 6.60. The van der Waals surface area contributed by atoms with E-state index in [1.54, 1.807) is 18.2 Å². The van der Waals surface area contributed by atoms with Gasteiger partial charge in [0.1, 0.15) is 5.82 Å². The molecule has 0 aliphatic heterocycles. The van der Waals surface area contributed by atoms with Crippen LogP contribution in [0.25, 0.3) is 0 Å². The summed E-state index contributed by atoms with van der Waals surface area (Å²) in [6.07, 6.45) is 1.69. The molecule has 0 saturated carbocycles. The van der Waals surface area contributed by atoms with Gasteiger partial charge >= 0.3 is 0 Å². The molecule has 0 fully saturated rings. The first-order chi connectivity index (χ1) is 9.65. The number of nitrogens with one attached hydrogen (secondary N) is 1. The summed E-state index contributed by atoms with van der Waals surface area (Å²) < 4.78 is 14.0. The molecule has 104 valence electrons. The number of benzene rings is 1. The molecule has 0 aliphatic carbocycles. The van der Waals surface area contributed by atoms with Gasteiger partial charge in [-0.2, -0.15) is 5.10 Å². The molecule has 0 radical (unpaired) electrons. The Bertz CT molecular complexity index is 637. The Balaban J connectivity index is 1.80. The molecule has 5 nitrogen and oxygen atoms in total. The zero-order valence-electron chi connectivity index (χ0n) is 10.8. The number of amides is 1. The van der Waals surface area contributed by atoms with Gasteiger partial charge in [0, 0.05) is 18.8 Å². The molecular formula is C14H14FN3O2. The maximum atomic E-state index is 12.7. The Labute approximate surface area is 115 Å². The minimum absolute atomic E-state index is 0.178. The third-order valence-corrected chi connectivity index (χ3v) is 2.71. The van der Waals surface area contributed by atoms with Crippen molar-refractivity contribution in [2.24, 2.45) is 0 Å². The summed E-state index contributed by atoms with van der Waals surface area (Å²) in [5.74, 6) is -0.510. The van der Waals surface area contributed by atoms with Crippen LogP contribution in [0.15, 0.2) is 47.4 Å². The lowest BCUT2D eigenvalue weighted by Gasteiger charge is -2.06. The number of aromatic nitrogens is 2. The van der Waals surface area contributed by atoms with Gasteiger partial charge in [0.25, 0.3) is 5.56 Å². The zero-order chi connectivity index (χ0) is 14.4. The topological polar surface area (TPSA) is 64.0 Å². The van der Waals surface area contributed by atoms with Crippen molar-refractivity contribution in [3.05, 3.63) is 64.3 Å². The van der Waals surface area contributed by atoms with Gasteiger partial charge in [-0.05, 0) is 23.8 Å². The molecule has 1 N–H and O–H groups in total. The Morgan fingerprint density at radius 2 is 2.00 bits per heavy atom. The predicted molar refractivity (Wildman–Crippen MR) is 71.6 cm³/mol. The highest BCUT2D eigenvalue weighted by molar-refractivity contribution is 5.78.